The van der Waals surface area contributed by atoms with Gasteiger partial charge in [-0.2, -0.15) is 13.2 Å². The Labute approximate surface area is 164 Å². The fraction of sp³-hybridized carbons (Fsp3) is 0.529. The number of aliphatic carboxylic acids is 1. The highest BCUT2D eigenvalue weighted by molar-refractivity contribution is 7.99. The summed E-state index contributed by atoms with van der Waals surface area (Å²) in [6.45, 7) is -0.699. The fourth-order valence-electron chi connectivity index (χ4n) is 3.00. The van der Waals surface area contributed by atoms with Gasteiger partial charge in [-0.3, -0.25) is 0 Å². The molecule has 11 heteroatoms. The second kappa shape index (κ2) is 8.73. The zero-order valence-corrected chi connectivity index (χ0v) is 16.5. The average molecular weight is 439 g/mol. The molecule has 1 aromatic rings. The summed E-state index contributed by atoms with van der Waals surface area (Å²) in [6.07, 6.45) is -2.70. The van der Waals surface area contributed by atoms with Crippen molar-refractivity contribution in [2.45, 2.75) is 48.6 Å². The summed E-state index contributed by atoms with van der Waals surface area (Å²) < 4.78 is 65.7. The van der Waals surface area contributed by atoms with Gasteiger partial charge in [0.2, 0.25) is 0 Å². The van der Waals surface area contributed by atoms with E-state index < -0.39 is 39.8 Å². The SMILES string of the molecule is CS(=O)(=O)C1CCCc2cc(SCCC(=O)[O-])c(COC(=O)C(F)(F)F)cc21. The van der Waals surface area contributed by atoms with Crippen LogP contribution in [-0.4, -0.2) is 38.5 Å². The van der Waals surface area contributed by atoms with E-state index in [0.717, 1.165) is 23.6 Å². The molecule has 28 heavy (non-hydrogen) atoms. The molecule has 0 N–H and O–H groups in total. The Bertz CT molecular complexity index is 864. The summed E-state index contributed by atoms with van der Waals surface area (Å²) >= 11 is 1.07. The fourth-order valence-corrected chi connectivity index (χ4v) is 5.29. The van der Waals surface area contributed by atoms with Crippen molar-refractivity contribution in [3.8, 4) is 0 Å². The number of esters is 1. The van der Waals surface area contributed by atoms with E-state index in [4.69, 9.17) is 0 Å². The number of thioether (sulfide) groups is 1. The number of carbonyl (C=O) groups is 2. The molecular weight excluding hydrogens is 421 g/mol. The van der Waals surface area contributed by atoms with Gasteiger partial charge < -0.3 is 14.6 Å². The van der Waals surface area contributed by atoms with Gasteiger partial charge in [0.15, 0.2) is 9.84 Å². The van der Waals surface area contributed by atoms with Crippen molar-refractivity contribution < 1.29 is 41.0 Å². The number of carboxylic acids is 1. The number of rotatable bonds is 7. The van der Waals surface area contributed by atoms with Crippen molar-refractivity contribution in [3.63, 3.8) is 0 Å². The van der Waals surface area contributed by atoms with E-state index in [1.807, 2.05) is 0 Å². The number of alkyl halides is 3. The number of fused-ring (bicyclic) bond motifs is 1. The summed E-state index contributed by atoms with van der Waals surface area (Å²) in [7, 11) is -3.43. The lowest BCUT2D eigenvalue weighted by Gasteiger charge is -2.26. The lowest BCUT2D eigenvalue weighted by Crippen LogP contribution is -2.25. The van der Waals surface area contributed by atoms with Crippen molar-refractivity contribution in [1.82, 2.24) is 0 Å². The second-order valence-corrected chi connectivity index (χ2v) is 9.78. The van der Waals surface area contributed by atoms with Gasteiger partial charge in [-0.15, -0.1) is 11.8 Å². The summed E-state index contributed by atoms with van der Waals surface area (Å²) in [5.74, 6) is -3.51. The number of sulfone groups is 1. The quantitative estimate of drug-likeness (QED) is 0.473. The molecule has 0 aromatic heterocycles. The molecule has 1 unspecified atom stereocenters. The van der Waals surface area contributed by atoms with Crippen LogP contribution in [0, 0.1) is 0 Å². The predicted molar refractivity (Wildman–Crippen MR) is 93.2 cm³/mol. The monoisotopic (exact) mass is 439 g/mol. The number of carbonyl (C=O) groups excluding carboxylic acids is 2. The van der Waals surface area contributed by atoms with Crippen LogP contribution in [0.5, 0.6) is 0 Å². The Hall–Kier alpha value is -1.75. The first-order chi connectivity index (χ1) is 12.9. The van der Waals surface area contributed by atoms with Crippen molar-refractivity contribution in [2.24, 2.45) is 0 Å². The number of halogens is 3. The van der Waals surface area contributed by atoms with E-state index in [1.165, 1.54) is 6.07 Å². The molecule has 0 fully saturated rings. The second-order valence-electron chi connectivity index (χ2n) is 6.41. The molecule has 0 heterocycles. The molecule has 0 radical (unpaired) electrons. The van der Waals surface area contributed by atoms with Gasteiger partial charge in [-0.1, -0.05) is 0 Å². The maximum atomic E-state index is 12.4. The molecule has 0 amide bonds. The van der Waals surface area contributed by atoms with Gasteiger partial charge in [0.25, 0.3) is 0 Å². The van der Waals surface area contributed by atoms with E-state index in [0.29, 0.717) is 29.7 Å². The minimum atomic E-state index is -5.15. The van der Waals surface area contributed by atoms with Crippen LogP contribution in [0.1, 0.15) is 41.2 Å². The first kappa shape index (κ1) is 22.5. The van der Waals surface area contributed by atoms with E-state index >= 15 is 0 Å². The highest BCUT2D eigenvalue weighted by Gasteiger charge is 2.41. The van der Waals surface area contributed by atoms with Crippen molar-refractivity contribution >= 4 is 33.5 Å². The molecular formula is C17H18F3O6S2-. The third-order valence-corrected chi connectivity index (χ3v) is 6.88. The normalized spacial score (nSPS) is 17.1. The number of ether oxygens (including phenoxy) is 1. The van der Waals surface area contributed by atoms with Crippen molar-refractivity contribution in [2.75, 3.05) is 12.0 Å². The Kier molecular flexibility index (Phi) is 7.02. The van der Waals surface area contributed by atoms with Gasteiger partial charge in [0.1, 0.15) is 6.61 Å². The minimum absolute atomic E-state index is 0.108. The molecule has 156 valence electrons. The van der Waals surface area contributed by atoms with Crippen LogP contribution in [0.25, 0.3) is 0 Å². The molecule has 2 rings (SSSR count). The highest BCUT2D eigenvalue weighted by atomic mass is 32.2. The van der Waals surface area contributed by atoms with E-state index in [9.17, 15) is 36.3 Å². The molecule has 1 aliphatic carbocycles. The van der Waals surface area contributed by atoms with Crippen molar-refractivity contribution in [3.05, 3.63) is 28.8 Å². The van der Waals surface area contributed by atoms with E-state index in [1.54, 1.807) is 6.07 Å². The third-order valence-electron chi connectivity index (χ3n) is 4.25. The molecule has 0 spiro atoms. The molecule has 1 aliphatic rings. The molecule has 0 aliphatic heterocycles. The number of benzene rings is 1. The van der Waals surface area contributed by atoms with Crippen molar-refractivity contribution in [1.29, 1.82) is 0 Å². The molecule has 1 aromatic carbocycles. The largest absolute Gasteiger partial charge is 0.550 e. The third kappa shape index (κ3) is 5.87. The molecule has 0 bridgehead atoms. The van der Waals surface area contributed by atoms with E-state index in [-0.39, 0.29) is 17.7 Å². The predicted octanol–water partition coefficient (Wildman–Crippen LogP) is 1.95. The lowest BCUT2D eigenvalue weighted by molar-refractivity contribution is -0.305. The molecule has 0 saturated carbocycles. The Balaban J connectivity index is 2.37. The van der Waals surface area contributed by atoms with Crippen LogP contribution in [-0.2, 0) is 37.2 Å². The minimum Gasteiger partial charge on any atom is -0.550 e. The first-order valence-electron chi connectivity index (χ1n) is 8.30. The summed E-state index contributed by atoms with van der Waals surface area (Å²) in [5, 5.41) is 9.82. The van der Waals surface area contributed by atoms with Gasteiger partial charge in [-0.25, -0.2) is 13.2 Å². The number of hydrogen-bond acceptors (Lipinski definition) is 7. The highest BCUT2D eigenvalue weighted by Crippen LogP contribution is 2.39. The maximum absolute atomic E-state index is 12.4. The summed E-state index contributed by atoms with van der Waals surface area (Å²) in [6, 6.07) is 3.09. The molecule has 6 nitrogen and oxygen atoms in total. The topological polar surface area (TPSA) is 101 Å². The van der Waals surface area contributed by atoms with Crippen LogP contribution in [0.4, 0.5) is 13.2 Å². The Morgan fingerprint density at radius 2 is 2.00 bits per heavy atom. The first-order valence-corrected chi connectivity index (χ1v) is 11.2. The van der Waals surface area contributed by atoms with Crippen LogP contribution < -0.4 is 5.11 Å². The lowest BCUT2D eigenvalue weighted by atomic mass is 9.90. The zero-order chi connectivity index (χ0) is 21.1. The van der Waals surface area contributed by atoms with Crippen LogP contribution in [0.3, 0.4) is 0 Å². The Morgan fingerprint density at radius 1 is 1.32 bits per heavy atom. The number of hydrogen-bond donors (Lipinski definition) is 0. The van der Waals surface area contributed by atoms with E-state index in [2.05, 4.69) is 4.74 Å². The summed E-state index contributed by atoms with van der Waals surface area (Å²) in [5.41, 5.74) is 1.43. The smallest absolute Gasteiger partial charge is 0.490 e. The van der Waals surface area contributed by atoms with Gasteiger partial charge in [0, 0.05) is 28.4 Å². The molecule has 0 saturated heterocycles. The zero-order valence-electron chi connectivity index (χ0n) is 14.9. The summed E-state index contributed by atoms with van der Waals surface area (Å²) in [4.78, 5) is 22.1. The van der Waals surface area contributed by atoms with Gasteiger partial charge in [-0.05, 0) is 48.9 Å². The van der Waals surface area contributed by atoms with Gasteiger partial charge in [0.05, 0.1) is 5.25 Å². The Morgan fingerprint density at radius 3 is 2.57 bits per heavy atom. The number of carboxylic acid groups (broad SMARTS) is 1. The average Bonchev–Trinajstić information content (AvgIpc) is 2.56. The standard InChI is InChI=1S/C17H19F3O6S2/c1-28(24,25)14-4-2-3-10-8-13(27-6-5-15(21)22)11(7-12(10)14)9-26-16(23)17(18,19)20/h7-8,14H,2-6,9H2,1H3,(H,21,22)/p-1. The van der Waals surface area contributed by atoms with Crippen LogP contribution in [0.15, 0.2) is 17.0 Å². The van der Waals surface area contributed by atoms with Crippen LogP contribution in [0.2, 0.25) is 0 Å². The van der Waals surface area contributed by atoms with Crippen LogP contribution >= 0.6 is 11.8 Å². The molecule has 1 atom stereocenters. The maximum Gasteiger partial charge on any atom is 0.490 e. The van der Waals surface area contributed by atoms with Gasteiger partial charge >= 0.3 is 12.1 Å². The number of aryl methyl sites for hydroxylation is 1.